The number of halogens is 1. The van der Waals surface area contributed by atoms with Gasteiger partial charge in [-0.25, -0.2) is 4.98 Å². The first kappa shape index (κ1) is 14.4. The Kier molecular flexibility index (Phi) is 4.52. The first-order valence-electron chi connectivity index (χ1n) is 6.19. The normalized spacial score (nSPS) is 19.5. The molecular weight excluding hydrogens is 284 g/mol. The molecule has 0 aliphatic carbocycles. The van der Waals surface area contributed by atoms with Crippen LogP contribution in [0.5, 0.6) is 0 Å². The van der Waals surface area contributed by atoms with Crippen molar-refractivity contribution in [2.45, 2.75) is 45.0 Å². The van der Waals surface area contributed by atoms with Crippen LogP contribution < -0.4 is 5.32 Å². The predicted molar refractivity (Wildman–Crippen MR) is 78.6 cm³/mol. The number of amidine groups is 1. The summed E-state index contributed by atoms with van der Waals surface area (Å²) in [6.07, 6.45) is 2.23. The van der Waals surface area contributed by atoms with Gasteiger partial charge in [0, 0.05) is 23.9 Å². The number of imidazole rings is 1. The van der Waals surface area contributed by atoms with Crippen LogP contribution in [0.25, 0.3) is 0 Å². The van der Waals surface area contributed by atoms with Gasteiger partial charge in [-0.15, -0.1) is 0 Å². The second-order valence-electron chi connectivity index (χ2n) is 4.81. The van der Waals surface area contributed by atoms with Crippen molar-refractivity contribution in [2.75, 3.05) is 0 Å². The van der Waals surface area contributed by atoms with E-state index >= 15 is 0 Å². The minimum atomic E-state index is 0.0281. The molecule has 1 amide bonds. The molecule has 2 rings (SSSR count). The maximum Gasteiger partial charge on any atom is 0.228 e. The third-order valence-electron chi connectivity index (χ3n) is 2.77. The number of nitrogens with zero attached hydrogens (tertiary/aromatic N) is 3. The molecule has 0 fully saturated rings. The van der Waals surface area contributed by atoms with Crippen LogP contribution in [-0.2, 0) is 10.5 Å². The van der Waals surface area contributed by atoms with Crippen molar-refractivity contribution in [1.82, 2.24) is 14.9 Å². The number of aliphatic imine (C=N–C) groups is 1. The molecule has 0 bridgehead atoms. The zero-order chi connectivity index (χ0) is 14.0. The van der Waals surface area contributed by atoms with Crippen LogP contribution in [0.3, 0.4) is 0 Å². The molecule has 0 saturated carbocycles. The zero-order valence-electron chi connectivity index (χ0n) is 11.2. The highest BCUT2D eigenvalue weighted by atomic mass is 35.5. The smallest absolute Gasteiger partial charge is 0.228 e. The second-order valence-corrected chi connectivity index (χ2v) is 6.11. The van der Waals surface area contributed by atoms with E-state index < -0.39 is 0 Å². The van der Waals surface area contributed by atoms with Crippen LogP contribution in [0.4, 0.5) is 0 Å². The number of carbonyl (C=O) groups is 1. The number of aromatic nitrogens is 2. The second kappa shape index (κ2) is 5.96. The summed E-state index contributed by atoms with van der Waals surface area (Å²) < 4.78 is 1.98. The quantitative estimate of drug-likeness (QED) is 0.933. The molecule has 0 radical (unpaired) electrons. The van der Waals surface area contributed by atoms with Crippen LogP contribution in [0.2, 0.25) is 5.28 Å². The van der Waals surface area contributed by atoms with Crippen LogP contribution in [0.1, 0.15) is 38.9 Å². The van der Waals surface area contributed by atoms with E-state index in [4.69, 9.17) is 11.6 Å². The number of nitrogens with one attached hydrogen (secondary N) is 1. The molecule has 1 N–H and O–H groups in total. The van der Waals surface area contributed by atoms with Gasteiger partial charge in [0.25, 0.3) is 0 Å². The number of hydrogen-bond donors (Lipinski definition) is 1. The van der Waals surface area contributed by atoms with Crippen LogP contribution in [-0.4, -0.2) is 26.7 Å². The van der Waals surface area contributed by atoms with Gasteiger partial charge in [-0.3, -0.25) is 9.79 Å². The fraction of sp³-hybridized carbons (Fsp3) is 0.583. The Morgan fingerprint density at radius 3 is 3.00 bits per heavy atom. The van der Waals surface area contributed by atoms with E-state index in [-0.39, 0.29) is 18.0 Å². The molecule has 19 heavy (non-hydrogen) atoms. The Balaban J connectivity index is 2.05. The molecule has 1 atom stereocenters. The lowest BCUT2D eigenvalue weighted by molar-refractivity contribution is -0.120. The summed E-state index contributed by atoms with van der Waals surface area (Å²) in [5.74, 6) is 0.712. The molecule has 0 saturated heterocycles. The maximum absolute atomic E-state index is 11.4. The van der Waals surface area contributed by atoms with Crippen LogP contribution in [0.15, 0.2) is 11.2 Å². The summed E-state index contributed by atoms with van der Waals surface area (Å²) in [4.78, 5) is 20.0. The van der Waals surface area contributed by atoms with Gasteiger partial charge in [0.1, 0.15) is 0 Å². The van der Waals surface area contributed by atoms with Gasteiger partial charge < -0.3 is 9.88 Å². The number of carbonyl (C=O) groups excluding carboxylic acids is 1. The van der Waals surface area contributed by atoms with Gasteiger partial charge in [-0.2, -0.15) is 0 Å². The van der Waals surface area contributed by atoms with Gasteiger partial charge >= 0.3 is 0 Å². The average Bonchev–Trinajstić information content (AvgIpc) is 2.66. The van der Waals surface area contributed by atoms with Gasteiger partial charge in [0.2, 0.25) is 11.2 Å². The van der Waals surface area contributed by atoms with E-state index in [0.29, 0.717) is 22.6 Å². The average molecular weight is 301 g/mol. The molecule has 0 spiro atoms. The molecule has 1 aromatic rings. The van der Waals surface area contributed by atoms with Gasteiger partial charge in [0.05, 0.1) is 12.2 Å². The standard InChI is InChI=1S/C12H17ClN4OS/c1-7(2)17-9(5-14-11(17)13)6-19-12-15-8(3)4-10(18)16-12/h5,7-8H,4,6H2,1-3H3,(H,15,16,18). The molecule has 2 heterocycles. The Morgan fingerprint density at radius 2 is 2.37 bits per heavy atom. The molecule has 1 aliphatic rings. The van der Waals surface area contributed by atoms with E-state index in [1.807, 2.05) is 11.5 Å². The number of amides is 1. The van der Waals surface area contributed by atoms with Crippen molar-refractivity contribution in [3.63, 3.8) is 0 Å². The van der Waals surface area contributed by atoms with E-state index in [0.717, 1.165) is 5.69 Å². The summed E-state index contributed by atoms with van der Waals surface area (Å²) in [7, 11) is 0. The Bertz CT molecular complexity index is 512. The summed E-state index contributed by atoms with van der Waals surface area (Å²) >= 11 is 7.55. The zero-order valence-corrected chi connectivity index (χ0v) is 12.8. The fourth-order valence-electron chi connectivity index (χ4n) is 1.95. The monoisotopic (exact) mass is 300 g/mol. The molecule has 0 aromatic carbocycles. The maximum atomic E-state index is 11.4. The lowest BCUT2D eigenvalue weighted by Crippen LogP contribution is -2.35. The van der Waals surface area contributed by atoms with Gasteiger partial charge in [-0.05, 0) is 32.4 Å². The van der Waals surface area contributed by atoms with Crippen molar-refractivity contribution in [2.24, 2.45) is 4.99 Å². The van der Waals surface area contributed by atoms with Crippen molar-refractivity contribution in [3.05, 3.63) is 17.2 Å². The summed E-state index contributed by atoms with van der Waals surface area (Å²) in [5, 5.41) is 3.96. The largest absolute Gasteiger partial charge is 0.316 e. The van der Waals surface area contributed by atoms with Crippen LogP contribution >= 0.6 is 23.4 Å². The molecule has 1 aromatic heterocycles. The summed E-state index contributed by atoms with van der Waals surface area (Å²) in [6.45, 7) is 6.06. The minimum Gasteiger partial charge on any atom is -0.316 e. The highest BCUT2D eigenvalue weighted by molar-refractivity contribution is 8.13. The number of thioether (sulfide) groups is 1. The first-order chi connectivity index (χ1) is 8.97. The van der Waals surface area contributed by atoms with E-state index in [1.165, 1.54) is 11.8 Å². The Hall–Kier alpha value is -1.01. The van der Waals surface area contributed by atoms with Crippen molar-refractivity contribution < 1.29 is 4.79 Å². The van der Waals surface area contributed by atoms with Crippen molar-refractivity contribution in [3.8, 4) is 0 Å². The Labute approximate surface area is 121 Å². The number of hydrogen-bond acceptors (Lipinski definition) is 4. The van der Waals surface area contributed by atoms with Crippen molar-refractivity contribution in [1.29, 1.82) is 0 Å². The predicted octanol–water partition coefficient (Wildman–Crippen LogP) is 2.62. The topological polar surface area (TPSA) is 59.3 Å². The summed E-state index contributed by atoms with van der Waals surface area (Å²) in [6, 6.07) is 0.308. The lowest BCUT2D eigenvalue weighted by Gasteiger charge is -2.18. The van der Waals surface area contributed by atoms with E-state index in [1.54, 1.807) is 6.20 Å². The third-order valence-corrected chi connectivity index (χ3v) is 3.97. The van der Waals surface area contributed by atoms with Gasteiger partial charge in [-0.1, -0.05) is 11.8 Å². The molecular formula is C12H17ClN4OS. The summed E-state index contributed by atoms with van der Waals surface area (Å²) in [5.41, 5.74) is 1.03. The molecule has 1 unspecified atom stereocenters. The minimum absolute atomic E-state index is 0.0281. The first-order valence-corrected chi connectivity index (χ1v) is 7.55. The fourth-order valence-corrected chi connectivity index (χ4v) is 3.25. The lowest BCUT2D eigenvalue weighted by atomic mass is 10.2. The molecule has 104 valence electrons. The molecule has 7 heteroatoms. The van der Waals surface area contributed by atoms with Crippen molar-refractivity contribution >= 4 is 34.4 Å². The molecule has 5 nitrogen and oxygen atoms in total. The Morgan fingerprint density at radius 1 is 1.63 bits per heavy atom. The van der Waals surface area contributed by atoms with Gasteiger partial charge in [0.15, 0.2) is 5.17 Å². The van der Waals surface area contributed by atoms with E-state index in [2.05, 4.69) is 29.1 Å². The highest BCUT2D eigenvalue weighted by Gasteiger charge is 2.19. The highest BCUT2D eigenvalue weighted by Crippen LogP contribution is 2.22. The SMILES string of the molecule is CC1CC(=O)NC(SCc2cnc(Cl)n2C(C)C)=N1. The number of rotatable bonds is 3. The molecule has 1 aliphatic heterocycles. The van der Waals surface area contributed by atoms with E-state index in [9.17, 15) is 4.79 Å². The third kappa shape index (κ3) is 3.51. The van der Waals surface area contributed by atoms with Crippen LogP contribution in [0, 0.1) is 0 Å².